The van der Waals surface area contributed by atoms with Crippen LogP contribution in [-0.2, 0) is 16.1 Å². The molecule has 0 saturated carbocycles. The van der Waals surface area contributed by atoms with Gasteiger partial charge >= 0.3 is 0 Å². The van der Waals surface area contributed by atoms with E-state index in [4.69, 9.17) is 11.6 Å². The molecule has 0 atom stereocenters. The van der Waals surface area contributed by atoms with E-state index < -0.39 is 17.6 Å². The van der Waals surface area contributed by atoms with Gasteiger partial charge in [0, 0.05) is 5.02 Å². The van der Waals surface area contributed by atoms with Crippen LogP contribution in [0.2, 0.25) is 5.02 Å². The van der Waals surface area contributed by atoms with Crippen LogP contribution in [-0.4, -0.2) is 21.8 Å². The summed E-state index contributed by atoms with van der Waals surface area (Å²) in [7, 11) is 0. The Morgan fingerprint density at radius 3 is 2.18 bits per heavy atom. The van der Waals surface area contributed by atoms with Crippen LogP contribution in [0, 0.1) is 0 Å². The van der Waals surface area contributed by atoms with Crippen molar-refractivity contribution >= 4 is 29.0 Å². The van der Waals surface area contributed by atoms with Crippen LogP contribution in [0.1, 0.15) is 11.1 Å². The van der Waals surface area contributed by atoms with Gasteiger partial charge in [0.15, 0.2) is 5.76 Å². The Bertz CT molecular complexity index is 766. The van der Waals surface area contributed by atoms with Crippen molar-refractivity contribution in [3.05, 3.63) is 76.5 Å². The Morgan fingerprint density at radius 1 is 0.909 bits per heavy atom. The number of imide groups is 1. The summed E-state index contributed by atoms with van der Waals surface area (Å²) in [5.74, 6) is -1.69. The van der Waals surface area contributed by atoms with Crippen molar-refractivity contribution in [2.24, 2.45) is 0 Å². The third-order valence-electron chi connectivity index (χ3n) is 3.46. The highest BCUT2D eigenvalue weighted by molar-refractivity contribution is 6.34. The Morgan fingerprint density at radius 2 is 1.55 bits per heavy atom. The van der Waals surface area contributed by atoms with Gasteiger partial charge in [-0.1, -0.05) is 54.1 Å². The summed E-state index contributed by atoms with van der Waals surface area (Å²) >= 11 is 5.82. The number of hydrogen-bond acceptors (Lipinski definition) is 3. The first-order valence-electron chi connectivity index (χ1n) is 6.67. The van der Waals surface area contributed by atoms with E-state index in [0.29, 0.717) is 10.6 Å². The number of aliphatic hydroxyl groups excluding tert-OH is 1. The van der Waals surface area contributed by atoms with E-state index in [1.54, 1.807) is 54.6 Å². The number of carbonyl (C=O) groups is 2. The molecule has 4 nitrogen and oxygen atoms in total. The first-order valence-corrected chi connectivity index (χ1v) is 7.05. The summed E-state index contributed by atoms with van der Waals surface area (Å²) in [5.41, 5.74) is 1.32. The smallest absolute Gasteiger partial charge is 0.296 e. The van der Waals surface area contributed by atoms with Crippen LogP contribution in [0.15, 0.2) is 60.4 Å². The lowest BCUT2D eigenvalue weighted by Gasteiger charge is -2.14. The Balaban J connectivity index is 1.89. The molecule has 2 aromatic carbocycles. The number of halogens is 1. The fourth-order valence-corrected chi connectivity index (χ4v) is 2.47. The lowest BCUT2D eigenvalue weighted by atomic mass is 10.1. The number of amides is 2. The predicted molar refractivity (Wildman–Crippen MR) is 83.0 cm³/mol. The maximum atomic E-state index is 12.5. The molecule has 1 N–H and O–H groups in total. The minimum Gasteiger partial charge on any atom is -0.502 e. The molecule has 2 amide bonds. The highest BCUT2D eigenvalue weighted by atomic mass is 35.5. The zero-order chi connectivity index (χ0) is 15.7. The van der Waals surface area contributed by atoms with Crippen molar-refractivity contribution in [3.63, 3.8) is 0 Å². The molecule has 5 heteroatoms. The van der Waals surface area contributed by atoms with E-state index in [0.717, 1.165) is 10.5 Å². The van der Waals surface area contributed by atoms with Gasteiger partial charge in [-0.2, -0.15) is 0 Å². The molecule has 3 rings (SSSR count). The van der Waals surface area contributed by atoms with Crippen LogP contribution in [0.3, 0.4) is 0 Å². The molecule has 0 fully saturated rings. The number of carbonyl (C=O) groups excluding carboxylic acids is 2. The minimum absolute atomic E-state index is 0.0413. The summed E-state index contributed by atoms with van der Waals surface area (Å²) in [6.07, 6.45) is 0. The first-order chi connectivity index (χ1) is 10.6. The third kappa shape index (κ3) is 2.49. The molecule has 0 aliphatic carbocycles. The van der Waals surface area contributed by atoms with Crippen molar-refractivity contribution in [1.82, 2.24) is 4.90 Å². The van der Waals surface area contributed by atoms with Gasteiger partial charge in [-0.05, 0) is 23.3 Å². The molecule has 0 aromatic heterocycles. The second-order valence-corrected chi connectivity index (χ2v) is 5.35. The number of aliphatic hydroxyl groups is 1. The monoisotopic (exact) mass is 313 g/mol. The van der Waals surface area contributed by atoms with Crippen molar-refractivity contribution in [3.8, 4) is 0 Å². The van der Waals surface area contributed by atoms with E-state index in [2.05, 4.69) is 0 Å². The van der Waals surface area contributed by atoms with Crippen molar-refractivity contribution in [2.45, 2.75) is 6.54 Å². The number of rotatable bonds is 3. The van der Waals surface area contributed by atoms with E-state index in [9.17, 15) is 14.7 Å². The summed E-state index contributed by atoms with van der Waals surface area (Å²) in [4.78, 5) is 25.6. The van der Waals surface area contributed by atoms with E-state index >= 15 is 0 Å². The standard InChI is InChI=1S/C17H12ClNO3/c18-13-8-6-11(7-9-13)10-19-16(21)14(15(20)17(19)22)12-4-2-1-3-5-12/h1-9,20H,10H2. The van der Waals surface area contributed by atoms with Gasteiger partial charge in [0.05, 0.1) is 12.1 Å². The SMILES string of the molecule is O=C1C(O)=C(c2ccccc2)C(=O)N1Cc1ccc(Cl)cc1. The molecule has 1 aliphatic rings. The maximum absolute atomic E-state index is 12.5. The molecule has 0 spiro atoms. The zero-order valence-electron chi connectivity index (χ0n) is 11.5. The summed E-state index contributed by atoms with van der Waals surface area (Å²) < 4.78 is 0. The van der Waals surface area contributed by atoms with Crippen LogP contribution in [0.5, 0.6) is 0 Å². The van der Waals surface area contributed by atoms with Gasteiger partial charge in [-0.3, -0.25) is 14.5 Å². The van der Waals surface area contributed by atoms with Crippen LogP contribution < -0.4 is 0 Å². The van der Waals surface area contributed by atoms with Crippen molar-refractivity contribution in [1.29, 1.82) is 0 Å². The molecule has 2 aromatic rings. The van der Waals surface area contributed by atoms with Crippen LogP contribution in [0.4, 0.5) is 0 Å². The van der Waals surface area contributed by atoms with Gasteiger partial charge in [0.1, 0.15) is 0 Å². The Labute approximate surface area is 132 Å². The molecule has 22 heavy (non-hydrogen) atoms. The van der Waals surface area contributed by atoms with Gasteiger partial charge in [-0.25, -0.2) is 0 Å². The quantitative estimate of drug-likeness (QED) is 0.885. The molecule has 0 bridgehead atoms. The number of hydrogen-bond donors (Lipinski definition) is 1. The van der Waals surface area contributed by atoms with E-state index in [1.807, 2.05) is 0 Å². The summed E-state index contributed by atoms with van der Waals surface area (Å²) in [6, 6.07) is 15.5. The lowest BCUT2D eigenvalue weighted by Crippen LogP contribution is -2.31. The lowest BCUT2D eigenvalue weighted by molar-refractivity contribution is -0.138. The van der Waals surface area contributed by atoms with Gasteiger partial charge < -0.3 is 5.11 Å². The van der Waals surface area contributed by atoms with Crippen molar-refractivity contribution in [2.75, 3.05) is 0 Å². The topological polar surface area (TPSA) is 57.6 Å². The normalized spacial score (nSPS) is 14.9. The van der Waals surface area contributed by atoms with E-state index in [-0.39, 0.29) is 12.1 Å². The average Bonchev–Trinajstić information content (AvgIpc) is 2.74. The van der Waals surface area contributed by atoms with E-state index in [1.165, 1.54) is 0 Å². The molecule has 0 saturated heterocycles. The minimum atomic E-state index is -0.682. The number of benzene rings is 2. The summed E-state index contributed by atoms with van der Waals surface area (Å²) in [6.45, 7) is 0.0925. The van der Waals surface area contributed by atoms with Crippen LogP contribution in [0.25, 0.3) is 5.57 Å². The molecule has 110 valence electrons. The fourth-order valence-electron chi connectivity index (χ4n) is 2.34. The zero-order valence-corrected chi connectivity index (χ0v) is 12.2. The highest BCUT2D eigenvalue weighted by Gasteiger charge is 2.38. The third-order valence-corrected chi connectivity index (χ3v) is 3.71. The maximum Gasteiger partial charge on any atom is 0.296 e. The molecule has 1 aliphatic heterocycles. The van der Waals surface area contributed by atoms with Gasteiger partial charge in [-0.15, -0.1) is 0 Å². The second-order valence-electron chi connectivity index (χ2n) is 4.91. The van der Waals surface area contributed by atoms with Crippen molar-refractivity contribution < 1.29 is 14.7 Å². The van der Waals surface area contributed by atoms with Crippen LogP contribution >= 0.6 is 11.6 Å². The Hall–Kier alpha value is -2.59. The first kappa shape index (κ1) is 14.4. The summed E-state index contributed by atoms with van der Waals surface area (Å²) in [5, 5.41) is 10.6. The molecule has 0 unspecified atom stereocenters. The predicted octanol–water partition coefficient (Wildman–Crippen LogP) is 3.18. The molecular formula is C17H12ClNO3. The fraction of sp³-hybridized carbons (Fsp3) is 0.0588. The molecular weight excluding hydrogens is 302 g/mol. The van der Waals surface area contributed by atoms with Gasteiger partial charge in [0.25, 0.3) is 11.8 Å². The highest BCUT2D eigenvalue weighted by Crippen LogP contribution is 2.29. The molecule has 1 heterocycles. The van der Waals surface area contributed by atoms with Gasteiger partial charge in [0.2, 0.25) is 0 Å². The number of nitrogens with zero attached hydrogens (tertiary/aromatic N) is 1. The second kappa shape index (κ2) is 5.66. The molecule has 0 radical (unpaired) electrons. The average molecular weight is 314 g/mol. The Kier molecular flexibility index (Phi) is 3.69. The largest absolute Gasteiger partial charge is 0.502 e.